The number of H-pyrrole nitrogens is 1. The van der Waals surface area contributed by atoms with Crippen molar-refractivity contribution in [2.75, 3.05) is 32.8 Å². The van der Waals surface area contributed by atoms with E-state index in [2.05, 4.69) is 25.4 Å². The number of hydrogen-bond acceptors (Lipinski definition) is 8. The van der Waals surface area contributed by atoms with E-state index in [4.69, 9.17) is 9.15 Å². The molecule has 0 saturated carbocycles. The molecule has 11 nitrogen and oxygen atoms in total. The maximum absolute atomic E-state index is 13.4. The summed E-state index contributed by atoms with van der Waals surface area (Å²) in [4.78, 5) is 33.3. The largest absolute Gasteiger partial charge is 0.459 e. The van der Waals surface area contributed by atoms with Crippen molar-refractivity contribution in [3.05, 3.63) is 75.7 Å². The molecule has 11 heteroatoms. The molecule has 5 heterocycles. The van der Waals surface area contributed by atoms with Crippen LogP contribution in [0.25, 0.3) is 10.9 Å². The molecule has 0 spiro atoms. The third-order valence-electron chi connectivity index (χ3n) is 7.23. The number of hydrogen-bond donors (Lipinski definition) is 1. The highest BCUT2D eigenvalue weighted by molar-refractivity contribution is 5.91. The summed E-state index contributed by atoms with van der Waals surface area (Å²) in [6.07, 6.45) is 3.51. The van der Waals surface area contributed by atoms with E-state index in [0.717, 1.165) is 35.9 Å². The predicted molar refractivity (Wildman–Crippen MR) is 134 cm³/mol. The number of furan rings is 1. The van der Waals surface area contributed by atoms with Gasteiger partial charge in [0.1, 0.15) is 6.04 Å². The van der Waals surface area contributed by atoms with Gasteiger partial charge in [-0.1, -0.05) is 12.1 Å². The minimum Gasteiger partial charge on any atom is -0.459 e. The number of nitrogens with one attached hydrogen (secondary N) is 1. The summed E-state index contributed by atoms with van der Waals surface area (Å²) >= 11 is 0. The number of benzene rings is 1. The van der Waals surface area contributed by atoms with E-state index in [1.165, 1.54) is 6.26 Å². The molecule has 1 N–H and O–H groups in total. The van der Waals surface area contributed by atoms with Crippen LogP contribution in [0.3, 0.4) is 0 Å². The summed E-state index contributed by atoms with van der Waals surface area (Å²) in [7, 11) is 0. The first-order valence-electron chi connectivity index (χ1n) is 12.6. The highest BCUT2D eigenvalue weighted by Gasteiger charge is 2.34. The van der Waals surface area contributed by atoms with Crippen molar-refractivity contribution in [3.8, 4) is 0 Å². The number of nitrogens with zero attached hydrogens (tertiary/aromatic N) is 6. The lowest BCUT2D eigenvalue weighted by Crippen LogP contribution is -2.50. The third-order valence-corrected chi connectivity index (χ3v) is 7.23. The van der Waals surface area contributed by atoms with Crippen molar-refractivity contribution < 1.29 is 13.9 Å². The molecule has 3 aromatic heterocycles. The Morgan fingerprint density at radius 3 is 2.81 bits per heavy atom. The highest BCUT2D eigenvalue weighted by atomic mass is 16.5. The number of piperazine rings is 1. The van der Waals surface area contributed by atoms with Gasteiger partial charge in [0, 0.05) is 43.9 Å². The van der Waals surface area contributed by atoms with Crippen molar-refractivity contribution in [2.24, 2.45) is 0 Å². The summed E-state index contributed by atoms with van der Waals surface area (Å²) < 4.78 is 12.9. The van der Waals surface area contributed by atoms with E-state index in [0.29, 0.717) is 49.9 Å². The summed E-state index contributed by atoms with van der Waals surface area (Å²) in [6.45, 7) is 5.35. The molecular formula is C26H29N7O4. The Labute approximate surface area is 213 Å². The predicted octanol–water partition coefficient (Wildman–Crippen LogP) is 2.14. The van der Waals surface area contributed by atoms with E-state index in [1.54, 1.807) is 21.7 Å². The normalized spacial score (nSPS) is 19.5. The van der Waals surface area contributed by atoms with Gasteiger partial charge in [0.25, 0.3) is 11.5 Å². The Kier molecular flexibility index (Phi) is 6.31. The first-order chi connectivity index (χ1) is 18.1. The lowest BCUT2D eigenvalue weighted by molar-refractivity contribution is 0.0550. The Balaban J connectivity index is 1.35. The monoisotopic (exact) mass is 503 g/mol. The topological polar surface area (TPSA) is 122 Å². The summed E-state index contributed by atoms with van der Waals surface area (Å²) in [5.74, 6) is 0.786. The minimum atomic E-state index is -0.480. The molecule has 0 aliphatic carbocycles. The Morgan fingerprint density at radius 2 is 2.05 bits per heavy atom. The minimum absolute atomic E-state index is 0.0449. The maximum atomic E-state index is 13.4. The molecule has 0 bridgehead atoms. The van der Waals surface area contributed by atoms with Crippen molar-refractivity contribution in [1.29, 1.82) is 0 Å². The number of ether oxygens (including phenoxy) is 1. The smallest absolute Gasteiger partial charge is 0.289 e. The van der Waals surface area contributed by atoms with Crippen LogP contribution in [0.15, 0.2) is 51.9 Å². The van der Waals surface area contributed by atoms with Crippen LogP contribution in [-0.2, 0) is 11.3 Å². The van der Waals surface area contributed by atoms with Gasteiger partial charge in [-0.3, -0.25) is 14.5 Å². The third kappa shape index (κ3) is 4.67. The fraction of sp³-hybridized carbons (Fsp3) is 0.423. The van der Waals surface area contributed by atoms with Gasteiger partial charge in [-0.2, -0.15) is 0 Å². The van der Waals surface area contributed by atoms with Gasteiger partial charge in [0.15, 0.2) is 11.6 Å². The Bertz CT molecular complexity index is 1450. The molecule has 2 aliphatic rings. The highest BCUT2D eigenvalue weighted by Crippen LogP contribution is 2.29. The first-order valence-corrected chi connectivity index (χ1v) is 12.6. The second-order valence-corrected chi connectivity index (χ2v) is 9.71. The van der Waals surface area contributed by atoms with Crippen LogP contribution in [0.4, 0.5) is 0 Å². The number of tetrazole rings is 1. The van der Waals surface area contributed by atoms with Crippen LogP contribution >= 0.6 is 0 Å². The zero-order valence-corrected chi connectivity index (χ0v) is 20.7. The Hall–Kier alpha value is -3.83. The molecule has 2 atom stereocenters. The number of amides is 1. The van der Waals surface area contributed by atoms with Crippen LogP contribution < -0.4 is 5.56 Å². The van der Waals surface area contributed by atoms with Crippen molar-refractivity contribution >= 4 is 16.8 Å². The first kappa shape index (κ1) is 23.6. The van der Waals surface area contributed by atoms with Gasteiger partial charge in [-0.05, 0) is 65.4 Å². The molecule has 0 unspecified atom stereocenters. The fourth-order valence-electron chi connectivity index (χ4n) is 5.29. The van der Waals surface area contributed by atoms with E-state index in [1.807, 2.05) is 31.2 Å². The van der Waals surface area contributed by atoms with E-state index >= 15 is 0 Å². The molecule has 2 fully saturated rings. The fourth-order valence-corrected chi connectivity index (χ4v) is 5.29. The van der Waals surface area contributed by atoms with Gasteiger partial charge in [-0.15, -0.1) is 5.10 Å². The van der Waals surface area contributed by atoms with Gasteiger partial charge in [-0.25, -0.2) is 4.68 Å². The summed E-state index contributed by atoms with van der Waals surface area (Å²) in [5.41, 5.74) is 2.26. The molecule has 2 saturated heterocycles. The van der Waals surface area contributed by atoms with Crippen molar-refractivity contribution in [1.82, 2.24) is 35.0 Å². The van der Waals surface area contributed by atoms with E-state index in [-0.39, 0.29) is 17.6 Å². The molecule has 6 rings (SSSR count). The van der Waals surface area contributed by atoms with Crippen LogP contribution in [0.1, 0.15) is 46.4 Å². The number of rotatable bonds is 6. The number of fused-ring (bicyclic) bond motifs is 1. The van der Waals surface area contributed by atoms with Crippen molar-refractivity contribution in [3.63, 3.8) is 0 Å². The van der Waals surface area contributed by atoms with Gasteiger partial charge in [0.05, 0.1) is 18.9 Å². The second-order valence-electron chi connectivity index (χ2n) is 9.71. The lowest BCUT2D eigenvalue weighted by atomic mass is 10.0. The molecule has 192 valence electrons. The van der Waals surface area contributed by atoms with Crippen LogP contribution in [0.5, 0.6) is 0 Å². The zero-order valence-electron chi connectivity index (χ0n) is 20.7. The number of aromatic amines is 1. The van der Waals surface area contributed by atoms with Gasteiger partial charge >= 0.3 is 0 Å². The number of aryl methyl sites for hydroxylation is 1. The second kappa shape index (κ2) is 9.91. The lowest BCUT2D eigenvalue weighted by Gasteiger charge is -2.38. The Morgan fingerprint density at radius 1 is 1.19 bits per heavy atom. The maximum Gasteiger partial charge on any atom is 0.289 e. The van der Waals surface area contributed by atoms with Gasteiger partial charge < -0.3 is 19.0 Å². The SMILES string of the molecule is Cc1ccc2cc([C@H](c3nnnn3C[C@@H]3CCCO3)N3CCN(C(=O)c4ccco4)CC3)c(=O)[nH]c2c1. The quantitative estimate of drug-likeness (QED) is 0.425. The van der Waals surface area contributed by atoms with Crippen LogP contribution in [0, 0.1) is 6.92 Å². The molecule has 0 radical (unpaired) electrons. The number of carbonyl (C=O) groups is 1. The van der Waals surface area contributed by atoms with E-state index < -0.39 is 6.04 Å². The number of pyridine rings is 1. The molecule has 37 heavy (non-hydrogen) atoms. The summed E-state index contributed by atoms with van der Waals surface area (Å²) in [5, 5.41) is 13.6. The van der Waals surface area contributed by atoms with Gasteiger partial charge in [0.2, 0.25) is 0 Å². The molecular weight excluding hydrogens is 474 g/mol. The molecule has 4 aromatic rings. The summed E-state index contributed by atoms with van der Waals surface area (Å²) in [6, 6.07) is 10.8. The van der Waals surface area contributed by atoms with Crippen molar-refractivity contribution in [2.45, 2.75) is 38.5 Å². The number of carbonyl (C=O) groups excluding carboxylic acids is 1. The van der Waals surface area contributed by atoms with Crippen LogP contribution in [-0.4, -0.2) is 79.8 Å². The molecule has 1 aromatic carbocycles. The standard InChI is InChI=1S/C26H29N7O4/c1-17-6-7-18-15-20(25(34)27-21(18)14-17)23(24-28-29-30-33(24)16-19-4-2-12-36-19)31-8-10-32(11-9-31)26(35)22-5-3-13-37-22/h3,5-7,13-15,19,23H,2,4,8-12,16H2,1H3,(H,27,34)/t19-,23+/m0/s1. The van der Waals surface area contributed by atoms with E-state index in [9.17, 15) is 9.59 Å². The van der Waals surface area contributed by atoms with Crippen LogP contribution in [0.2, 0.25) is 0 Å². The zero-order chi connectivity index (χ0) is 25.4. The molecule has 1 amide bonds. The molecule has 2 aliphatic heterocycles. The number of aromatic nitrogens is 5. The average molecular weight is 504 g/mol. The average Bonchev–Trinajstić information content (AvgIpc) is 3.69.